The van der Waals surface area contributed by atoms with Crippen LogP contribution in [0.25, 0.3) is 0 Å². The molecule has 6 N–H and O–H groups in total. The fraction of sp³-hybridized carbons (Fsp3) is 0.407. The van der Waals surface area contributed by atoms with Crippen LogP contribution in [0, 0.1) is 5.92 Å². The second kappa shape index (κ2) is 13.4. The van der Waals surface area contributed by atoms with Crippen LogP contribution in [0.3, 0.4) is 0 Å². The van der Waals surface area contributed by atoms with Crippen molar-refractivity contribution < 1.29 is 19.2 Å². The fourth-order valence-corrected chi connectivity index (χ4v) is 4.33. The summed E-state index contributed by atoms with van der Waals surface area (Å²) in [6.45, 7) is 1.13. The van der Waals surface area contributed by atoms with Crippen LogP contribution in [0.15, 0.2) is 60.7 Å². The third-order valence-electron chi connectivity index (χ3n) is 6.40. The second-order valence-electron chi connectivity index (χ2n) is 9.10. The number of primary amides is 1. The largest absolute Gasteiger partial charge is 0.369 e. The van der Waals surface area contributed by atoms with Crippen LogP contribution in [0.5, 0.6) is 0 Å². The van der Waals surface area contributed by atoms with E-state index < -0.39 is 23.9 Å². The number of carbonyl (C=O) groups is 4. The van der Waals surface area contributed by atoms with E-state index in [4.69, 9.17) is 11.5 Å². The van der Waals surface area contributed by atoms with Gasteiger partial charge in [0.05, 0.1) is 5.92 Å². The lowest BCUT2D eigenvalue weighted by atomic mass is 10.0. The van der Waals surface area contributed by atoms with Gasteiger partial charge in [-0.2, -0.15) is 0 Å². The van der Waals surface area contributed by atoms with Gasteiger partial charge in [0, 0.05) is 25.1 Å². The van der Waals surface area contributed by atoms with E-state index in [1.807, 2.05) is 36.4 Å². The zero-order chi connectivity index (χ0) is 25.9. The predicted octanol–water partition coefficient (Wildman–Crippen LogP) is 0.975. The van der Waals surface area contributed by atoms with Gasteiger partial charge in [-0.25, -0.2) is 0 Å². The maximum absolute atomic E-state index is 13.5. The standard InChI is InChI=1S/C27H35N5O4/c28-15-8-7-13-22(27(36)32-16-14-21(18-32)24(29)33)30-26(35)23(17-19-9-3-1-4-10-19)31-25(34)20-11-5-2-6-12-20/h1-6,9-12,21-23H,7-8,13-18,28H2,(H2,29,33)(H,30,35)(H,31,34)/t21-,22+,23+/m1/s1. The van der Waals surface area contributed by atoms with Crippen LogP contribution in [0.2, 0.25) is 0 Å². The van der Waals surface area contributed by atoms with E-state index in [1.165, 1.54) is 0 Å². The molecule has 0 unspecified atom stereocenters. The van der Waals surface area contributed by atoms with E-state index in [-0.39, 0.29) is 30.7 Å². The van der Waals surface area contributed by atoms with E-state index >= 15 is 0 Å². The Balaban J connectivity index is 1.76. The smallest absolute Gasteiger partial charge is 0.251 e. The number of amides is 4. The molecule has 0 saturated carbocycles. The molecule has 0 aliphatic carbocycles. The zero-order valence-electron chi connectivity index (χ0n) is 20.4. The van der Waals surface area contributed by atoms with Crippen LogP contribution in [-0.4, -0.2) is 60.2 Å². The third kappa shape index (κ3) is 7.64. The molecule has 4 amide bonds. The molecule has 3 atom stereocenters. The van der Waals surface area contributed by atoms with Crippen molar-refractivity contribution in [2.24, 2.45) is 17.4 Å². The Hall–Kier alpha value is -3.72. The van der Waals surface area contributed by atoms with E-state index in [0.29, 0.717) is 44.3 Å². The first-order chi connectivity index (χ1) is 17.4. The minimum atomic E-state index is -0.887. The molecule has 9 nitrogen and oxygen atoms in total. The highest BCUT2D eigenvalue weighted by molar-refractivity contribution is 5.98. The van der Waals surface area contributed by atoms with Crippen LogP contribution >= 0.6 is 0 Å². The Labute approximate surface area is 211 Å². The van der Waals surface area contributed by atoms with E-state index in [1.54, 1.807) is 29.2 Å². The van der Waals surface area contributed by atoms with Gasteiger partial charge in [-0.05, 0) is 49.9 Å². The molecule has 1 aliphatic rings. The predicted molar refractivity (Wildman–Crippen MR) is 137 cm³/mol. The fourth-order valence-electron chi connectivity index (χ4n) is 4.33. The molecule has 36 heavy (non-hydrogen) atoms. The summed E-state index contributed by atoms with van der Waals surface area (Å²) >= 11 is 0. The van der Waals surface area contributed by atoms with Crippen LogP contribution < -0.4 is 22.1 Å². The topological polar surface area (TPSA) is 148 Å². The van der Waals surface area contributed by atoms with Crippen molar-refractivity contribution >= 4 is 23.6 Å². The SMILES string of the molecule is NCCCC[C@H](NC(=O)[C@H](Cc1ccccc1)NC(=O)c1ccccc1)C(=O)N1CC[C@@H](C(N)=O)C1. The third-order valence-corrected chi connectivity index (χ3v) is 6.40. The molecule has 1 saturated heterocycles. The van der Waals surface area contributed by atoms with Gasteiger partial charge >= 0.3 is 0 Å². The van der Waals surface area contributed by atoms with Crippen molar-refractivity contribution in [3.8, 4) is 0 Å². The molecule has 2 aromatic rings. The van der Waals surface area contributed by atoms with E-state index in [2.05, 4.69) is 10.6 Å². The van der Waals surface area contributed by atoms with E-state index in [0.717, 1.165) is 5.56 Å². The minimum Gasteiger partial charge on any atom is -0.369 e. The van der Waals surface area contributed by atoms with Crippen molar-refractivity contribution in [3.63, 3.8) is 0 Å². The van der Waals surface area contributed by atoms with E-state index in [9.17, 15) is 19.2 Å². The number of carbonyl (C=O) groups excluding carboxylic acids is 4. The molecule has 1 heterocycles. The van der Waals surface area contributed by atoms with Crippen LogP contribution in [0.1, 0.15) is 41.6 Å². The molecule has 0 bridgehead atoms. The summed E-state index contributed by atoms with van der Waals surface area (Å²) in [5.41, 5.74) is 12.4. The Morgan fingerprint density at radius 2 is 1.58 bits per heavy atom. The molecule has 0 radical (unpaired) electrons. The molecule has 1 aliphatic heterocycles. The molecular weight excluding hydrogens is 458 g/mol. The van der Waals surface area contributed by atoms with Gasteiger partial charge in [0.2, 0.25) is 17.7 Å². The lowest BCUT2D eigenvalue weighted by Gasteiger charge is -2.27. The normalized spacial score (nSPS) is 16.7. The first-order valence-corrected chi connectivity index (χ1v) is 12.4. The van der Waals surface area contributed by atoms with Crippen LogP contribution in [0.4, 0.5) is 0 Å². The highest BCUT2D eigenvalue weighted by atomic mass is 16.2. The summed E-state index contributed by atoms with van der Waals surface area (Å²) in [5, 5.41) is 5.70. The number of rotatable bonds is 12. The Morgan fingerprint density at radius 3 is 2.19 bits per heavy atom. The average molecular weight is 494 g/mol. The zero-order valence-corrected chi connectivity index (χ0v) is 20.4. The lowest BCUT2D eigenvalue weighted by Crippen LogP contribution is -2.55. The molecule has 3 rings (SSSR count). The molecule has 192 valence electrons. The lowest BCUT2D eigenvalue weighted by molar-refractivity contribution is -0.136. The van der Waals surface area contributed by atoms with Crippen molar-refractivity contribution in [2.75, 3.05) is 19.6 Å². The molecule has 0 spiro atoms. The van der Waals surface area contributed by atoms with Gasteiger partial charge in [0.25, 0.3) is 5.91 Å². The number of likely N-dealkylation sites (tertiary alicyclic amines) is 1. The van der Waals surface area contributed by atoms with Gasteiger partial charge in [-0.15, -0.1) is 0 Å². The number of nitrogens with one attached hydrogen (secondary N) is 2. The van der Waals surface area contributed by atoms with Gasteiger partial charge < -0.3 is 27.0 Å². The number of benzene rings is 2. The molecule has 0 aromatic heterocycles. The number of unbranched alkanes of at least 4 members (excludes halogenated alkanes) is 1. The number of hydrogen-bond acceptors (Lipinski definition) is 5. The Morgan fingerprint density at radius 1 is 0.917 bits per heavy atom. The number of hydrogen-bond donors (Lipinski definition) is 4. The number of nitrogens with two attached hydrogens (primary N) is 2. The first kappa shape index (κ1) is 26.9. The highest BCUT2D eigenvalue weighted by Gasteiger charge is 2.34. The first-order valence-electron chi connectivity index (χ1n) is 12.4. The molecule has 1 fully saturated rings. The van der Waals surface area contributed by atoms with Gasteiger partial charge in [0.15, 0.2) is 0 Å². The van der Waals surface area contributed by atoms with Crippen molar-refractivity contribution in [3.05, 3.63) is 71.8 Å². The Kier molecular flexibility index (Phi) is 10.00. The quantitative estimate of drug-likeness (QED) is 0.325. The van der Waals surface area contributed by atoms with Gasteiger partial charge in [0.1, 0.15) is 12.1 Å². The summed E-state index contributed by atoms with van der Waals surface area (Å²) in [5.74, 6) is -1.88. The minimum absolute atomic E-state index is 0.246. The summed E-state index contributed by atoms with van der Waals surface area (Å²) in [7, 11) is 0. The molecular formula is C27H35N5O4. The summed E-state index contributed by atoms with van der Waals surface area (Å²) < 4.78 is 0. The van der Waals surface area contributed by atoms with Crippen molar-refractivity contribution in [1.29, 1.82) is 0 Å². The monoisotopic (exact) mass is 493 g/mol. The maximum Gasteiger partial charge on any atom is 0.251 e. The molecule has 2 aromatic carbocycles. The summed E-state index contributed by atoms with van der Waals surface area (Å²) in [6, 6.07) is 16.4. The average Bonchev–Trinajstić information content (AvgIpc) is 3.39. The summed E-state index contributed by atoms with van der Waals surface area (Å²) in [4.78, 5) is 52.8. The van der Waals surface area contributed by atoms with Gasteiger partial charge in [-0.3, -0.25) is 19.2 Å². The second-order valence-corrected chi connectivity index (χ2v) is 9.10. The van der Waals surface area contributed by atoms with Crippen molar-refractivity contribution in [2.45, 2.75) is 44.2 Å². The highest BCUT2D eigenvalue weighted by Crippen LogP contribution is 2.18. The maximum atomic E-state index is 13.5. The van der Waals surface area contributed by atoms with Gasteiger partial charge in [-0.1, -0.05) is 48.5 Å². The van der Waals surface area contributed by atoms with Crippen LogP contribution in [-0.2, 0) is 20.8 Å². The number of nitrogens with zero attached hydrogens (tertiary/aromatic N) is 1. The van der Waals surface area contributed by atoms with Crippen molar-refractivity contribution in [1.82, 2.24) is 15.5 Å². The molecule has 9 heteroatoms. The summed E-state index contributed by atoms with van der Waals surface area (Å²) in [6.07, 6.45) is 2.54. The Bertz CT molecular complexity index is 1030.